The molecule has 0 aromatic heterocycles. The van der Waals surface area contributed by atoms with Crippen LogP contribution in [0.5, 0.6) is 5.75 Å². The van der Waals surface area contributed by atoms with Gasteiger partial charge in [0.25, 0.3) is 11.8 Å². The molecule has 0 aliphatic carbocycles. The van der Waals surface area contributed by atoms with Crippen molar-refractivity contribution in [1.82, 2.24) is 0 Å². The van der Waals surface area contributed by atoms with Gasteiger partial charge in [0.15, 0.2) is 18.1 Å². The van der Waals surface area contributed by atoms with Crippen LogP contribution in [0.2, 0.25) is 0 Å². The van der Waals surface area contributed by atoms with E-state index in [-0.39, 0.29) is 24.1 Å². The number of rotatable bonds is 8. The van der Waals surface area contributed by atoms with E-state index in [1.54, 1.807) is 48.5 Å². The van der Waals surface area contributed by atoms with E-state index in [1.807, 2.05) is 25.2 Å². The fourth-order valence-electron chi connectivity index (χ4n) is 3.21. The van der Waals surface area contributed by atoms with E-state index in [9.17, 15) is 14.0 Å². The number of halogens is 1. The number of para-hydroxylation sites is 2. The van der Waals surface area contributed by atoms with Crippen molar-refractivity contribution in [1.29, 1.82) is 0 Å². The van der Waals surface area contributed by atoms with Crippen LogP contribution < -0.4 is 20.3 Å². The lowest BCUT2D eigenvalue weighted by Gasteiger charge is -2.16. The number of ether oxygens (including phenoxy) is 1. The number of quaternary nitrogens is 1. The lowest BCUT2D eigenvalue weighted by Crippen LogP contribution is -3.08. The number of nitrogens with one attached hydrogen (secondary N) is 3. The molecule has 0 aliphatic rings. The first-order chi connectivity index (χ1) is 15.0. The maximum atomic E-state index is 13.9. The Morgan fingerprint density at radius 3 is 2.39 bits per heavy atom. The van der Waals surface area contributed by atoms with Crippen LogP contribution in [0, 0.1) is 5.82 Å². The molecule has 3 rings (SSSR count). The largest absolute Gasteiger partial charge is 0.494 e. The van der Waals surface area contributed by atoms with Gasteiger partial charge >= 0.3 is 0 Å². The lowest BCUT2D eigenvalue weighted by molar-refractivity contribution is -0.885. The Morgan fingerprint density at radius 1 is 0.968 bits per heavy atom. The standard InChI is InChI=1S/C24H24FN3O3/c1-28(15-17-12-13-22(31-2)20(25)14-17)16-23(29)27-21-11-7-6-10-19(21)24(30)26-18-8-4-3-5-9-18/h3-14H,15-16H2,1-2H3,(H,26,30)(H,27,29)/p+1. The van der Waals surface area contributed by atoms with Crippen LogP contribution in [-0.4, -0.2) is 32.5 Å². The van der Waals surface area contributed by atoms with E-state index in [0.29, 0.717) is 23.5 Å². The summed E-state index contributed by atoms with van der Waals surface area (Å²) in [6.07, 6.45) is 0. The van der Waals surface area contributed by atoms with Gasteiger partial charge < -0.3 is 20.3 Å². The van der Waals surface area contributed by atoms with Crippen LogP contribution in [0.1, 0.15) is 15.9 Å². The van der Waals surface area contributed by atoms with Crippen LogP contribution in [0.3, 0.4) is 0 Å². The summed E-state index contributed by atoms with van der Waals surface area (Å²) in [7, 11) is 3.26. The third kappa shape index (κ3) is 6.13. The van der Waals surface area contributed by atoms with Crippen molar-refractivity contribution in [2.24, 2.45) is 0 Å². The van der Waals surface area contributed by atoms with E-state index in [2.05, 4.69) is 10.6 Å². The van der Waals surface area contributed by atoms with E-state index in [1.165, 1.54) is 13.2 Å². The average Bonchev–Trinajstić information content (AvgIpc) is 2.74. The number of hydrogen-bond donors (Lipinski definition) is 3. The van der Waals surface area contributed by atoms with Crippen LogP contribution in [0.15, 0.2) is 72.8 Å². The Labute approximate surface area is 180 Å². The molecule has 3 aromatic rings. The minimum Gasteiger partial charge on any atom is -0.494 e. The fourth-order valence-corrected chi connectivity index (χ4v) is 3.21. The number of carbonyl (C=O) groups excluding carboxylic acids is 2. The smallest absolute Gasteiger partial charge is 0.279 e. The van der Waals surface area contributed by atoms with Crippen molar-refractivity contribution in [2.75, 3.05) is 31.3 Å². The molecular weight excluding hydrogens is 397 g/mol. The Kier molecular flexibility index (Phi) is 7.35. The van der Waals surface area contributed by atoms with Gasteiger partial charge in [-0.2, -0.15) is 0 Å². The molecule has 0 saturated heterocycles. The zero-order valence-corrected chi connectivity index (χ0v) is 17.4. The van der Waals surface area contributed by atoms with E-state index in [4.69, 9.17) is 4.74 Å². The molecule has 1 unspecified atom stereocenters. The van der Waals surface area contributed by atoms with Gasteiger partial charge in [0, 0.05) is 11.3 Å². The molecular formula is C24H25FN3O3+. The molecule has 0 saturated carbocycles. The first-order valence-corrected chi connectivity index (χ1v) is 9.85. The van der Waals surface area contributed by atoms with Gasteiger partial charge in [-0.15, -0.1) is 0 Å². The Hall–Kier alpha value is -3.71. The van der Waals surface area contributed by atoms with Crippen LogP contribution in [0.4, 0.5) is 15.8 Å². The second kappa shape index (κ2) is 10.4. The molecule has 0 spiro atoms. The van der Waals surface area contributed by atoms with Crippen molar-refractivity contribution >= 4 is 23.2 Å². The minimum atomic E-state index is -0.435. The molecule has 0 bridgehead atoms. The number of methoxy groups -OCH3 is 1. The van der Waals surface area contributed by atoms with Gasteiger partial charge in [-0.25, -0.2) is 4.39 Å². The third-order valence-corrected chi connectivity index (χ3v) is 4.66. The molecule has 0 aliphatic heterocycles. The number of amides is 2. The topological polar surface area (TPSA) is 71.9 Å². The molecule has 0 radical (unpaired) electrons. The molecule has 7 heteroatoms. The first kappa shape index (κ1) is 22.0. The maximum Gasteiger partial charge on any atom is 0.279 e. The molecule has 0 heterocycles. The van der Waals surface area contributed by atoms with Crippen LogP contribution >= 0.6 is 0 Å². The zero-order valence-electron chi connectivity index (χ0n) is 17.4. The molecule has 3 aromatic carbocycles. The van der Waals surface area contributed by atoms with Gasteiger partial charge in [-0.1, -0.05) is 30.3 Å². The summed E-state index contributed by atoms with van der Waals surface area (Å²) in [6, 6.07) is 20.7. The Balaban J connectivity index is 1.61. The van der Waals surface area contributed by atoms with Crippen molar-refractivity contribution in [2.45, 2.75) is 6.54 Å². The summed E-state index contributed by atoms with van der Waals surface area (Å²) >= 11 is 0. The second-order valence-electron chi connectivity index (χ2n) is 7.19. The highest BCUT2D eigenvalue weighted by Crippen LogP contribution is 2.18. The van der Waals surface area contributed by atoms with Crippen molar-refractivity contribution in [3.05, 3.63) is 89.7 Å². The lowest BCUT2D eigenvalue weighted by atomic mass is 10.1. The van der Waals surface area contributed by atoms with Crippen LogP contribution in [0.25, 0.3) is 0 Å². The maximum absolute atomic E-state index is 13.9. The summed E-state index contributed by atoms with van der Waals surface area (Å²) in [5.74, 6) is -0.803. The van der Waals surface area contributed by atoms with Crippen molar-refractivity contribution in [3.63, 3.8) is 0 Å². The van der Waals surface area contributed by atoms with Crippen LogP contribution in [-0.2, 0) is 11.3 Å². The number of carbonyl (C=O) groups is 2. The van der Waals surface area contributed by atoms with Crippen molar-refractivity contribution in [3.8, 4) is 5.75 Å². The number of hydrogen-bond acceptors (Lipinski definition) is 3. The summed E-state index contributed by atoms with van der Waals surface area (Å²) in [5.41, 5.74) is 2.23. The molecule has 3 N–H and O–H groups in total. The molecule has 1 atom stereocenters. The quantitative estimate of drug-likeness (QED) is 0.523. The second-order valence-corrected chi connectivity index (χ2v) is 7.19. The van der Waals surface area contributed by atoms with Gasteiger partial charge in [0.05, 0.1) is 25.4 Å². The number of anilines is 2. The van der Waals surface area contributed by atoms with Gasteiger partial charge in [-0.3, -0.25) is 9.59 Å². The Bertz CT molecular complexity index is 1060. The molecule has 6 nitrogen and oxygen atoms in total. The molecule has 31 heavy (non-hydrogen) atoms. The predicted octanol–water partition coefficient (Wildman–Crippen LogP) is 2.74. The van der Waals surface area contributed by atoms with E-state index in [0.717, 1.165) is 10.5 Å². The number of benzene rings is 3. The third-order valence-electron chi connectivity index (χ3n) is 4.66. The summed E-state index contributed by atoms with van der Waals surface area (Å²) in [6.45, 7) is 0.618. The number of likely N-dealkylation sites (N-methyl/N-ethyl adjacent to an activating group) is 1. The monoisotopic (exact) mass is 422 g/mol. The van der Waals surface area contributed by atoms with Gasteiger partial charge in [0.1, 0.15) is 6.54 Å². The summed E-state index contributed by atoms with van der Waals surface area (Å²) in [5, 5.41) is 5.63. The summed E-state index contributed by atoms with van der Waals surface area (Å²) in [4.78, 5) is 26.1. The first-order valence-electron chi connectivity index (χ1n) is 9.85. The highest BCUT2D eigenvalue weighted by molar-refractivity contribution is 6.10. The normalized spacial score (nSPS) is 11.5. The van der Waals surface area contributed by atoms with E-state index < -0.39 is 5.82 Å². The SMILES string of the molecule is COc1ccc(C[NH+](C)CC(=O)Nc2ccccc2C(=O)Nc2ccccc2)cc1F. The molecule has 160 valence electrons. The minimum absolute atomic E-state index is 0.155. The molecule has 2 amide bonds. The zero-order chi connectivity index (χ0) is 22.2. The summed E-state index contributed by atoms with van der Waals surface area (Å²) < 4.78 is 18.8. The van der Waals surface area contributed by atoms with E-state index >= 15 is 0 Å². The van der Waals surface area contributed by atoms with Gasteiger partial charge in [0.2, 0.25) is 0 Å². The highest BCUT2D eigenvalue weighted by atomic mass is 19.1. The highest BCUT2D eigenvalue weighted by Gasteiger charge is 2.16. The van der Waals surface area contributed by atoms with Gasteiger partial charge in [-0.05, 0) is 42.5 Å². The predicted molar refractivity (Wildman–Crippen MR) is 118 cm³/mol. The molecule has 0 fully saturated rings. The van der Waals surface area contributed by atoms with Crippen molar-refractivity contribution < 1.29 is 23.6 Å². The fraction of sp³-hybridized carbons (Fsp3) is 0.167. The Morgan fingerprint density at radius 2 is 1.68 bits per heavy atom. The average molecular weight is 422 g/mol.